The van der Waals surface area contributed by atoms with E-state index in [0.717, 1.165) is 0 Å². The maximum atomic E-state index is 9.58. The van der Waals surface area contributed by atoms with Gasteiger partial charge in [0.2, 0.25) is 0 Å². The molecule has 0 saturated carbocycles. The Morgan fingerprint density at radius 2 is 1.67 bits per heavy atom. The predicted octanol–water partition coefficient (Wildman–Crippen LogP) is 1.77. The van der Waals surface area contributed by atoms with Gasteiger partial charge in [0, 0.05) is 6.04 Å². The summed E-state index contributed by atoms with van der Waals surface area (Å²) in [6.07, 6.45) is 0.431. The number of aliphatic hydroxyl groups is 1. The summed E-state index contributed by atoms with van der Waals surface area (Å²) in [5.41, 5.74) is 6.02. The first-order valence-electron chi connectivity index (χ1n) is 4.68. The monoisotopic (exact) mass is 173 g/mol. The molecule has 0 aromatic heterocycles. The Hall–Kier alpha value is -0.0800. The lowest BCUT2D eigenvalue weighted by Crippen LogP contribution is -2.39. The topological polar surface area (TPSA) is 46.2 Å². The van der Waals surface area contributed by atoms with Crippen LogP contribution in [0.1, 0.15) is 41.0 Å². The molecule has 0 heterocycles. The molecule has 12 heavy (non-hydrogen) atoms. The quantitative estimate of drug-likeness (QED) is 0.683. The molecule has 0 amide bonds. The summed E-state index contributed by atoms with van der Waals surface area (Å²) >= 11 is 0. The molecule has 0 radical (unpaired) electrons. The molecule has 0 aliphatic rings. The van der Waals surface area contributed by atoms with Crippen LogP contribution in [-0.4, -0.2) is 17.3 Å². The minimum absolute atomic E-state index is 0.0786. The Morgan fingerprint density at radius 3 is 1.92 bits per heavy atom. The van der Waals surface area contributed by atoms with Crippen LogP contribution >= 0.6 is 0 Å². The van der Waals surface area contributed by atoms with Gasteiger partial charge in [-0.1, -0.05) is 34.6 Å². The Kier molecular flexibility index (Phi) is 4.21. The zero-order valence-corrected chi connectivity index (χ0v) is 8.96. The molecule has 0 unspecified atom stereocenters. The van der Waals surface area contributed by atoms with Crippen LogP contribution in [0.5, 0.6) is 0 Å². The summed E-state index contributed by atoms with van der Waals surface area (Å²) in [5, 5.41) is 9.58. The smallest absolute Gasteiger partial charge is 0.0578 e. The lowest BCUT2D eigenvalue weighted by molar-refractivity contribution is 0.0915. The molecule has 0 fully saturated rings. The standard InChI is InChI=1S/C10H23NO/c1-7(2)8(12)6-9(11)10(3,4)5/h7-9,12H,6,11H2,1-5H3/t8-,9+/m1/s1. The Bertz CT molecular complexity index is 126. The highest BCUT2D eigenvalue weighted by molar-refractivity contribution is 4.80. The summed E-state index contributed by atoms with van der Waals surface area (Å²) in [4.78, 5) is 0. The Balaban J connectivity index is 3.93. The molecule has 0 bridgehead atoms. The highest BCUT2D eigenvalue weighted by Gasteiger charge is 2.24. The van der Waals surface area contributed by atoms with E-state index in [1.165, 1.54) is 0 Å². The van der Waals surface area contributed by atoms with Crippen molar-refractivity contribution in [1.82, 2.24) is 0 Å². The second-order valence-electron chi connectivity index (χ2n) is 5.02. The van der Waals surface area contributed by atoms with E-state index in [1.807, 2.05) is 13.8 Å². The molecule has 0 aliphatic carbocycles. The van der Waals surface area contributed by atoms with Crippen LogP contribution in [0.25, 0.3) is 0 Å². The van der Waals surface area contributed by atoms with E-state index in [-0.39, 0.29) is 17.6 Å². The summed E-state index contributed by atoms with van der Waals surface area (Å²) in [6.45, 7) is 10.3. The van der Waals surface area contributed by atoms with Gasteiger partial charge in [-0.15, -0.1) is 0 Å². The lowest BCUT2D eigenvalue weighted by Gasteiger charge is -2.29. The summed E-state index contributed by atoms with van der Waals surface area (Å²) in [7, 11) is 0. The zero-order chi connectivity index (χ0) is 9.94. The third kappa shape index (κ3) is 4.07. The average molecular weight is 173 g/mol. The molecular weight excluding hydrogens is 150 g/mol. The minimum atomic E-state index is -0.265. The molecule has 0 aromatic rings. The van der Waals surface area contributed by atoms with Crippen LogP contribution in [0.3, 0.4) is 0 Å². The summed E-state index contributed by atoms with van der Waals surface area (Å²) in [6, 6.07) is 0.0786. The predicted molar refractivity (Wildman–Crippen MR) is 52.9 cm³/mol. The van der Waals surface area contributed by atoms with Crippen LogP contribution in [0.15, 0.2) is 0 Å². The fraction of sp³-hybridized carbons (Fsp3) is 1.00. The van der Waals surface area contributed by atoms with E-state index in [9.17, 15) is 5.11 Å². The largest absolute Gasteiger partial charge is 0.393 e. The van der Waals surface area contributed by atoms with Crippen molar-refractivity contribution in [2.45, 2.75) is 53.2 Å². The summed E-state index contributed by atoms with van der Waals surface area (Å²) in [5.74, 6) is 0.304. The van der Waals surface area contributed by atoms with Crippen molar-refractivity contribution in [3.8, 4) is 0 Å². The zero-order valence-electron chi connectivity index (χ0n) is 8.96. The van der Waals surface area contributed by atoms with Crippen molar-refractivity contribution in [3.05, 3.63) is 0 Å². The molecule has 2 atom stereocenters. The summed E-state index contributed by atoms with van der Waals surface area (Å²) < 4.78 is 0. The second-order valence-corrected chi connectivity index (χ2v) is 5.02. The van der Waals surface area contributed by atoms with Crippen LogP contribution in [0.2, 0.25) is 0 Å². The highest BCUT2D eigenvalue weighted by atomic mass is 16.3. The second kappa shape index (κ2) is 4.24. The first kappa shape index (κ1) is 11.9. The van der Waals surface area contributed by atoms with E-state index in [1.54, 1.807) is 0 Å². The van der Waals surface area contributed by atoms with Crippen molar-refractivity contribution in [2.24, 2.45) is 17.1 Å². The van der Waals surface area contributed by atoms with Gasteiger partial charge in [-0.3, -0.25) is 0 Å². The van der Waals surface area contributed by atoms with Gasteiger partial charge in [0.1, 0.15) is 0 Å². The van der Waals surface area contributed by atoms with Crippen molar-refractivity contribution in [1.29, 1.82) is 0 Å². The molecule has 2 nitrogen and oxygen atoms in total. The van der Waals surface area contributed by atoms with Gasteiger partial charge in [0.05, 0.1) is 6.10 Å². The van der Waals surface area contributed by atoms with Crippen LogP contribution < -0.4 is 5.73 Å². The fourth-order valence-electron chi connectivity index (χ4n) is 0.886. The van der Waals surface area contributed by atoms with E-state index < -0.39 is 0 Å². The van der Waals surface area contributed by atoms with E-state index >= 15 is 0 Å². The molecule has 3 N–H and O–H groups in total. The number of hydrogen-bond donors (Lipinski definition) is 2. The van der Waals surface area contributed by atoms with Crippen LogP contribution in [-0.2, 0) is 0 Å². The maximum absolute atomic E-state index is 9.58. The SMILES string of the molecule is CC(C)[C@H](O)C[C@H](N)C(C)(C)C. The van der Waals surface area contributed by atoms with E-state index in [2.05, 4.69) is 20.8 Å². The van der Waals surface area contributed by atoms with Gasteiger partial charge < -0.3 is 10.8 Å². The van der Waals surface area contributed by atoms with Crippen LogP contribution in [0, 0.1) is 11.3 Å². The molecule has 2 heteroatoms. The maximum Gasteiger partial charge on any atom is 0.0578 e. The average Bonchev–Trinajstić information content (AvgIpc) is 1.85. The number of nitrogens with two attached hydrogens (primary N) is 1. The van der Waals surface area contributed by atoms with E-state index in [0.29, 0.717) is 12.3 Å². The third-order valence-corrected chi connectivity index (χ3v) is 2.38. The van der Waals surface area contributed by atoms with Gasteiger partial charge in [-0.25, -0.2) is 0 Å². The highest BCUT2D eigenvalue weighted by Crippen LogP contribution is 2.22. The molecular formula is C10H23NO. The molecule has 0 aromatic carbocycles. The van der Waals surface area contributed by atoms with E-state index in [4.69, 9.17) is 5.73 Å². The molecule has 0 rings (SSSR count). The molecule has 74 valence electrons. The molecule has 0 aliphatic heterocycles. The molecule has 0 saturated heterocycles. The Labute approximate surface area is 76.2 Å². The number of hydrogen-bond acceptors (Lipinski definition) is 2. The molecule has 0 spiro atoms. The fourth-order valence-corrected chi connectivity index (χ4v) is 0.886. The third-order valence-electron chi connectivity index (χ3n) is 2.38. The van der Waals surface area contributed by atoms with Gasteiger partial charge in [-0.05, 0) is 17.8 Å². The van der Waals surface area contributed by atoms with Crippen molar-refractivity contribution in [2.75, 3.05) is 0 Å². The first-order valence-corrected chi connectivity index (χ1v) is 4.68. The number of rotatable bonds is 3. The van der Waals surface area contributed by atoms with Gasteiger partial charge >= 0.3 is 0 Å². The van der Waals surface area contributed by atoms with Crippen molar-refractivity contribution >= 4 is 0 Å². The van der Waals surface area contributed by atoms with Gasteiger partial charge in [0.25, 0.3) is 0 Å². The first-order chi connectivity index (χ1) is 5.25. The lowest BCUT2D eigenvalue weighted by atomic mass is 9.82. The van der Waals surface area contributed by atoms with Gasteiger partial charge in [-0.2, -0.15) is 0 Å². The van der Waals surface area contributed by atoms with Crippen LogP contribution in [0.4, 0.5) is 0 Å². The normalized spacial score (nSPS) is 18.0. The minimum Gasteiger partial charge on any atom is -0.393 e. The number of aliphatic hydroxyl groups excluding tert-OH is 1. The Morgan fingerprint density at radius 1 is 1.25 bits per heavy atom. The van der Waals surface area contributed by atoms with Crippen molar-refractivity contribution < 1.29 is 5.11 Å². The van der Waals surface area contributed by atoms with Gasteiger partial charge in [0.15, 0.2) is 0 Å². The van der Waals surface area contributed by atoms with Crippen molar-refractivity contribution in [3.63, 3.8) is 0 Å².